The molecule has 4 nitrogen and oxygen atoms in total. The summed E-state index contributed by atoms with van der Waals surface area (Å²) in [5, 5.41) is 0. The van der Waals surface area contributed by atoms with Crippen molar-refractivity contribution >= 4 is 17.2 Å². The molecular weight excluding hydrogens is 308 g/mol. The number of rotatable bonds is 5. The lowest BCUT2D eigenvalue weighted by Crippen LogP contribution is -2.46. The van der Waals surface area contributed by atoms with Gasteiger partial charge in [-0.1, -0.05) is 30.3 Å². The molecule has 0 bridgehead atoms. The maximum atomic E-state index is 12.5. The quantitative estimate of drug-likeness (QED) is 0.846. The number of benzene rings is 1. The fourth-order valence-electron chi connectivity index (χ4n) is 2.89. The van der Waals surface area contributed by atoms with Crippen LogP contribution in [-0.4, -0.2) is 41.6 Å². The summed E-state index contributed by atoms with van der Waals surface area (Å²) in [5.74, 6) is 0.221. The van der Waals surface area contributed by atoms with E-state index in [2.05, 4.69) is 17.1 Å². The summed E-state index contributed by atoms with van der Waals surface area (Å²) in [6.07, 6.45) is 2.30. The number of carbonyl (C=O) groups excluding carboxylic acids is 1. The summed E-state index contributed by atoms with van der Waals surface area (Å²) >= 11 is 1.63. The number of aromatic nitrogens is 1. The average molecular weight is 330 g/mol. The van der Waals surface area contributed by atoms with Crippen LogP contribution in [0.3, 0.4) is 0 Å². The van der Waals surface area contributed by atoms with Crippen molar-refractivity contribution in [3.63, 3.8) is 0 Å². The van der Waals surface area contributed by atoms with Gasteiger partial charge in [-0.25, -0.2) is 4.98 Å². The predicted octanol–water partition coefficient (Wildman–Crippen LogP) is 2.85. The van der Waals surface area contributed by atoms with Crippen LogP contribution < -0.4 is 0 Å². The largest absolute Gasteiger partial charge is 0.374 e. The van der Waals surface area contributed by atoms with E-state index in [1.54, 1.807) is 11.3 Å². The van der Waals surface area contributed by atoms with Gasteiger partial charge in [0, 0.05) is 30.8 Å². The highest BCUT2D eigenvalue weighted by Crippen LogP contribution is 2.17. The molecule has 0 radical (unpaired) electrons. The summed E-state index contributed by atoms with van der Waals surface area (Å²) in [5.41, 5.74) is 4.15. The summed E-state index contributed by atoms with van der Waals surface area (Å²) < 4.78 is 5.83. The van der Waals surface area contributed by atoms with Crippen LogP contribution in [0.5, 0.6) is 0 Å². The van der Waals surface area contributed by atoms with Crippen LogP contribution in [-0.2, 0) is 22.4 Å². The van der Waals surface area contributed by atoms with E-state index >= 15 is 0 Å². The molecule has 2 aromatic rings. The molecule has 23 heavy (non-hydrogen) atoms. The van der Waals surface area contributed by atoms with E-state index in [0.29, 0.717) is 26.1 Å². The van der Waals surface area contributed by atoms with Crippen LogP contribution in [0.1, 0.15) is 22.6 Å². The van der Waals surface area contributed by atoms with Crippen LogP contribution in [0.4, 0.5) is 0 Å². The maximum Gasteiger partial charge on any atom is 0.223 e. The minimum atomic E-state index is 0.0974. The van der Waals surface area contributed by atoms with E-state index in [1.807, 2.05) is 35.5 Å². The molecule has 1 amide bonds. The first-order chi connectivity index (χ1) is 11.2. The zero-order valence-electron chi connectivity index (χ0n) is 13.4. The number of aryl methyl sites for hydroxylation is 2. The fourth-order valence-corrected chi connectivity index (χ4v) is 3.67. The van der Waals surface area contributed by atoms with Gasteiger partial charge in [-0.2, -0.15) is 0 Å². The molecule has 1 unspecified atom stereocenters. The molecule has 1 atom stereocenters. The highest BCUT2D eigenvalue weighted by atomic mass is 32.1. The number of hydrogen-bond donors (Lipinski definition) is 0. The average Bonchev–Trinajstić information content (AvgIpc) is 2.99. The van der Waals surface area contributed by atoms with Crippen molar-refractivity contribution in [2.24, 2.45) is 0 Å². The van der Waals surface area contributed by atoms with Crippen molar-refractivity contribution < 1.29 is 9.53 Å². The van der Waals surface area contributed by atoms with Crippen LogP contribution >= 0.6 is 11.3 Å². The Balaban J connectivity index is 1.51. The Kier molecular flexibility index (Phi) is 5.41. The number of thiazole rings is 1. The second-order valence-corrected chi connectivity index (χ2v) is 6.82. The Hall–Kier alpha value is -1.72. The number of hydrogen-bond acceptors (Lipinski definition) is 4. The SMILES string of the molecule is Cc1ncsc1CCC(=O)N1CCOC(Cc2ccccc2)C1. The third-order valence-electron chi connectivity index (χ3n) is 4.21. The van der Waals surface area contributed by atoms with Crippen LogP contribution in [0, 0.1) is 6.92 Å². The van der Waals surface area contributed by atoms with Gasteiger partial charge < -0.3 is 9.64 Å². The molecule has 5 heteroatoms. The summed E-state index contributed by atoms with van der Waals surface area (Å²) in [6.45, 7) is 4.02. The summed E-state index contributed by atoms with van der Waals surface area (Å²) in [4.78, 5) is 19.9. The van der Waals surface area contributed by atoms with E-state index in [4.69, 9.17) is 4.74 Å². The molecule has 2 heterocycles. The molecule has 0 aliphatic carbocycles. The third-order valence-corrected chi connectivity index (χ3v) is 5.20. The zero-order valence-corrected chi connectivity index (χ0v) is 14.2. The van der Waals surface area contributed by atoms with Gasteiger partial charge in [-0.05, 0) is 18.9 Å². The van der Waals surface area contributed by atoms with E-state index in [-0.39, 0.29) is 12.0 Å². The smallest absolute Gasteiger partial charge is 0.223 e. The summed E-state index contributed by atoms with van der Waals surface area (Å²) in [6, 6.07) is 10.3. The van der Waals surface area contributed by atoms with Gasteiger partial charge in [0.25, 0.3) is 0 Å². The first kappa shape index (κ1) is 16.1. The van der Waals surface area contributed by atoms with Crippen molar-refractivity contribution in [2.45, 2.75) is 32.3 Å². The standard InChI is InChI=1S/C18H22N2O2S/c1-14-17(23-13-19-14)7-8-18(21)20-9-10-22-16(12-20)11-15-5-3-2-4-6-15/h2-6,13,16H,7-12H2,1H3. The molecule has 1 aliphatic rings. The molecular formula is C18H22N2O2S. The number of nitrogens with zero attached hydrogens (tertiary/aromatic N) is 2. The normalized spacial score (nSPS) is 18.1. The van der Waals surface area contributed by atoms with Gasteiger partial charge in [0.1, 0.15) is 0 Å². The number of amides is 1. The number of ether oxygens (including phenoxy) is 1. The monoisotopic (exact) mass is 330 g/mol. The van der Waals surface area contributed by atoms with Crippen molar-refractivity contribution in [2.75, 3.05) is 19.7 Å². The molecule has 122 valence electrons. The predicted molar refractivity (Wildman–Crippen MR) is 91.6 cm³/mol. The fraction of sp³-hybridized carbons (Fsp3) is 0.444. The maximum absolute atomic E-state index is 12.5. The minimum absolute atomic E-state index is 0.0974. The van der Waals surface area contributed by atoms with Crippen LogP contribution in [0.15, 0.2) is 35.8 Å². The lowest BCUT2D eigenvalue weighted by atomic mass is 10.1. The van der Waals surface area contributed by atoms with Gasteiger partial charge in [-0.3, -0.25) is 4.79 Å². The second-order valence-electron chi connectivity index (χ2n) is 5.88. The molecule has 1 saturated heterocycles. The zero-order chi connectivity index (χ0) is 16.1. The Labute approximate surface area is 141 Å². The number of carbonyl (C=O) groups is 1. The van der Waals surface area contributed by atoms with Crippen molar-refractivity contribution in [3.8, 4) is 0 Å². The topological polar surface area (TPSA) is 42.4 Å². The van der Waals surface area contributed by atoms with Crippen molar-refractivity contribution in [1.82, 2.24) is 9.88 Å². The number of morpholine rings is 1. The molecule has 0 N–H and O–H groups in total. The van der Waals surface area contributed by atoms with E-state index in [0.717, 1.165) is 18.5 Å². The molecule has 1 aromatic heterocycles. The van der Waals surface area contributed by atoms with E-state index in [1.165, 1.54) is 10.4 Å². The molecule has 1 aliphatic heterocycles. The van der Waals surface area contributed by atoms with Gasteiger partial charge in [0.05, 0.1) is 23.9 Å². The van der Waals surface area contributed by atoms with Gasteiger partial charge in [-0.15, -0.1) is 11.3 Å². The molecule has 1 aromatic carbocycles. The Bertz CT molecular complexity index is 641. The lowest BCUT2D eigenvalue weighted by molar-refractivity contribution is -0.138. The van der Waals surface area contributed by atoms with E-state index < -0.39 is 0 Å². The van der Waals surface area contributed by atoms with Gasteiger partial charge in [0.2, 0.25) is 5.91 Å². The third kappa shape index (κ3) is 4.39. The molecule has 1 fully saturated rings. The Morgan fingerprint density at radius 2 is 2.22 bits per heavy atom. The van der Waals surface area contributed by atoms with Crippen LogP contribution in [0.25, 0.3) is 0 Å². The summed E-state index contributed by atoms with van der Waals surface area (Å²) in [7, 11) is 0. The Morgan fingerprint density at radius 3 is 2.96 bits per heavy atom. The molecule has 0 saturated carbocycles. The molecule has 0 spiro atoms. The van der Waals surface area contributed by atoms with E-state index in [9.17, 15) is 4.79 Å². The van der Waals surface area contributed by atoms with Gasteiger partial charge in [0.15, 0.2) is 0 Å². The van der Waals surface area contributed by atoms with Crippen molar-refractivity contribution in [1.29, 1.82) is 0 Å². The Morgan fingerprint density at radius 1 is 1.39 bits per heavy atom. The molecule has 3 rings (SSSR count). The minimum Gasteiger partial charge on any atom is -0.374 e. The highest BCUT2D eigenvalue weighted by Gasteiger charge is 2.24. The second kappa shape index (κ2) is 7.70. The first-order valence-corrected chi connectivity index (χ1v) is 8.92. The van der Waals surface area contributed by atoms with Crippen molar-refractivity contribution in [3.05, 3.63) is 52.0 Å². The first-order valence-electron chi connectivity index (χ1n) is 8.04. The lowest BCUT2D eigenvalue weighted by Gasteiger charge is -2.33. The van der Waals surface area contributed by atoms with Crippen LogP contribution in [0.2, 0.25) is 0 Å². The highest BCUT2D eigenvalue weighted by molar-refractivity contribution is 7.09. The van der Waals surface area contributed by atoms with Gasteiger partial charge >= 0.3 is 0 Å².